The summed E-state index contributed by atoms with van der Waals surface area (Å²) in [6, 6.07) is 10.1. The van der Waals surface area contributed by atoms with Crippen molar-refractivity contribution in [3.63, 3.8) is 0 Å². The van der Waals surface area contributed by atoms with Crippen molar-refractivity contribution in [1.29, 1.82) is 5.26 Å². The van der Waals surface area contributed by atoms with Gasteiger partial charge < -0.3 is 19.8 Å². The summed E-state index contributed by atoms with van der Waals surface area (Å²) in [5.74, 6) is 2.53. The fraction of sp³-hybridized carbons (Fsp3) is 0.304. The van der Waals surface area contributed by atoms with Crippen LogP contribution in [0, 0.1) is 17.2 Å². The van der Waals surface area contributed by atoms with Crippen molar-refractivity contribution < 1.29 is 9.47 Å². The number of hydrogen-bond acceptors (Lipinski definition) is 7. The van der Waals surface area contributed by atoms with E-state index < -0.39 is 0 Å². The Labute approximate surface area is 185 Å². The first-order valence-corrected chi connectivity index (χ1v) is 10.5. The standard InChI is InChI=1S/C23H23N7O2/c1-13(2)21(14-4-5-19-20(8-14)32-7-6-31-19)28-23-15-9-17(27-22(15)25-12-26-23)16-11-30(3)29-18(16)10-24/h4-5,8-9,11-13,21H,6-7H2,1-3H3,(H2,25,26,27,28)/t21-/m1/s1. The van der Waals surface area contributed by atoms with Crippen molar-refractivity contribution in [2.75, 3.05) is 18.5 Å². The predicted molar refractivity (Wildman–Crippen MR) is 119 cm³/mol. The number of rotatable bonds is 5. The van der Waals surface area contributed by atoms with E-state index in [1.807, 2.05) is 24.4 Å². The van der Waals surface area contributed by atoms with E-state index in [2.05, 4.69) is 51.4 Å². The van der Waals surface area contributed by atoms with Crippen molar-refractivity contribution in [3.8, 4) is 28.8 Å². The minimum atomic E-state index is -0.00432. The van der Waals surface area contributed by atoms with Crippen LogP contribution in [-0.4, -0.2) is 37.9 Å². The van der Waals surface area contributed by atoms with Gasteiger partial charge in [-0.15, -0.1) is 0 Å². The van der Waals surface area contributed by atoms with Crippen LogP contribution >= 0.6 is 0 Å². The number of anilines is 1. The molecule has 1 aliphatic rings. The molecule has 0 radical (unpaired) electrons. The van der Waals surface area contributed by atoms with Gasteiger partial charge in [-0.05, 0) is 29.7 Å². The van der Waals surface area contributed by atoms with Gasteiger partial charge in [-0.25, -0.2) is 9.97 Å². The molecule has 4 aromatic rings. The molecule has 0 aliphatic carbocycles. The summed E-state index contributed by atoms with van der Waals surface area (Å²) < 4.78 is 13.1. The lowest BCUT2D eigenvalue weighted by Gasteiger charge is -2.26. The number of benzene rings is 1. The van der Waals surface area contributed by atoms with Gasteiger partial charge in [0.2, 0.25) is 0 Å². The fourth-order valence-electron chi connectivity index (χ4n) is 4.00. The zero-order chi connectivity index (χ0) is 22.2. The Kier molecular flexibility index (Phi) is 4.90. The Morgan fingerprint density at radius 1 is 1.16 bits per heavy atom. The molecule has 1 atom stereocenters. The highest BCUT2D eigenvalue weighted by molar-refractivity contribution is 5.92. The lowest BCUT2D eigenvalue weighted by Crippen LogP contribution is -2.19. The van der Waals surface area contributed by atoms with E-state index in [9.17, 15) is 5.26 Å². The van der Waals surface area contributed by atoms with Gasteiger partial charge in [-0.3, -0.25) is 4.68 Å². The van der Waals surface area contributed by atoms with E-state index in [0.29, 0.717) is 30.4 Å². The van der Waals surface area contributed by atoms with Gasteiger partial charge in [0, 0.05) is 13.2 Å². The number of fused-ring (bicyclic) bond motifs is 2. The van der Waals surface area contributed by atoms with Gasteiger partial charge in [0.05, 0.1) is 22.7 Å². The topological polar surface area (TPSA) is 114 Å². The Morgan fingerprint density at radius 3 is 2.75 bits per heavy atom. The molecule has 0 fully saturated rings. The fourth-order valence-corrected chi connectivity index (χ4v) is 4.00. The molecule has 9 nitrogen and oxygen atoms in total. The molecule has 0 saturated heterocycles. The van der Waals surface area contributed by atoms with Gasteiger partial charge in [-0.2, -0.15) is 10.4 Å². The number of aromatic nitrogens is 5. The molecule has 9 heteroatoms. The van der Waals surface area contributed by atoms with Gasteiger partial charge in [0.15, 0.2) is 17.2 Å². The number of aryl methyl sites for hydroxylation is 1. The Morgan fingerprint density at radius 2 is 1.97 bits per heavy atom. The van der Waals surface area contributed by atoms with E-state index in [0.717, 1.165) is 33.7 Å². The molecule has 32 heavy (non-hydrogen) atoms. The third-order valence-electron chi connectivity index (χ3n) is 5.53. The van der Waals surface area contributed by atoms with Crippen LogP contribution in [-0.2, 0) is 7.05 Å². The third kappa shape index (κ3) is 3.50. The molecule has 4 heterocycles. The minimum absolute atomic E-state index is 0.00432. The molecule has 0 saturated carbocycles. The molecule has 3 aromatic heterocycles. The zero-order valence-electron chi connectivity index (χ0n) is 18.1. The number of nitriles is 1. The summed E-state index contributed by atoms with van der Waals surface area (Å²) in [5, 5.41) is 18.1. The molecule has 5 rings (SSSR count). The second kappa shape index (κ2) is 7.89. The summed E-state index contributed by atoms with van der Waals surface area (Å²) in [5.41, 5.74) is 3.64. The molecule has 1 aliphatic heterocycles. The number of nitrogens with zero attached hydrogens (tertiary/aromatic N) is 5. The number of ether oxygens (including phenoxy) is 2. The molecule has 0 spiro atoms. The summed E-state index contributed by atoms with van der Waals surface area (Å²) in [6.45, 7) is 5.43. The predicted octanol–water partition coefficient (Wildman–Crippen LogP) is 3.81. The molecular weight excluding hydrogens is 406 g/mol. The first-order chi connectivity index (χ1) is 15.5. The smallest absolute Gasteiger partial charge is 0.171 e. The molecule has 1 aromatic carbocycles. The van der Waals surface area contributed by atoms with Gasteiger partial charge in [0.1, 0.15) is 37.1 Å². The Hall–Kier alpha value is -4.06. The van der Waals surface area contributed by atoms with Crippen LogP contribution in [0.4, 0.5) is 5.82 Å². The van der Waals surface area contributed by atoms with Crippen molar-refractivity contribution in [2.45, 2.75) is 19.9 Å². The summed E-state index contributed by atoms with van der Waals surface area (Å²) >= 11 is 0. The van der Waals surface area contributed by atoms with E-state index in [4.69, 9.17) is 9.47 Å². The van der Waals surface area contributed by atoms with Crippen molar-refractivity contribution in [2.24, 2.45) is 13.0 Å². The highest BCUT2D eigenvalue weighted by Gasteiger charge is 2.22. The largest absolute Gasteiger partial charge is 0.486 e. The summed E-state index contributed by atoms with van der Waals surface area (Å²) in [6.07, 6.45) is 3.34. The molecule has 162 valence electrons. The molecular formula is C23H23N7O2. The van der Waals surface area contributed by atoms with Crippen LogP contribution in [0.5, 0.6) is 11.5 Å². The first kappa shape index (κ1) is 19.9. The highest BCUT2D eigenvalue weighted by atomic mass is 16.6. The zero-order valence-corrected chi connectivity index (χ0v) is 18.1. The maximum absolute atomic E-state index is 9.41. The van der Waals surface area contributed by atoms with E-state index in [-0.39, 0.29) is 12.0 Å². The van der Waals surface area contributed by atoms with Gasteiger partial charge >= 0.3 is 0 Å². The molecule has 0 unspecified atom stereocenters. The number of aromatic amines is 1. The van der Waals surface area contributed by atoms with Crippen LogP contribution in [0.2, 0.25) is 0 Å². The number of hydrogen-bond donors (Lipinski definition) is 2. The van der Waals surface area contributed by atoms with Crippen LogP contribution < -0.4 is 14.8 Å². The summed E-state index contributed by atoms with van der Waals surface area (Å²) in [7, 11) is 1.79. The average molecular weight is 429 g/mol. The molecule has 0 bridgehead atoms. The SMILES string of the molecule is CC(C)[C@@H](Nc1ncnc2[nH]c(-c3cn(C)nc3C#N)cc12)c1ccc2c(c1)OCCO2. The van der Waals surface area contributed by atoms with Crippen molar-refractivity contribution >= 4 is 16.9 Å². The average Bonchev–Trinajstić information content (AvgIpc) is 3.40. The Bertz CT molecular complexity index is 1330. The maximum atomic E-state index is 9.41. The summed E-state index contributed by atoms with van der Waals surface area (Å²) in [4.78, 5) is 12.2. The quantitative estimate of drug-likeness (QED) is 0.496. The first-order valence-electron chi connectivity index (χ1n) is 10.5. The number of nitrogens with one attached hydrogen (secondary N) is 2. The molecule has 2 N–H and O–H groups in total. The van der Waals surface area contributed by atoms with Crippen molar-refractivity contribution in [1.82, 2.24) is 24.7 Å². The van der Waals surface area contributed by atoms with Gasteiger partial charge in [0.25, 0.3) is 0 Å². The third-order valence-corrected chi connectivity index (χ3v) is 5.53. The monoisotopic (exact) mass is 429 g/mol. The molecule has 0 amide bonds. The second-order valence-electron chi connectivity index (χ2n) is 8.11. The van der Waals surface area contributed by atoms with E-state index >= 15 is 0 Å². The van der Waals surface area contributed by atoms with Crippen LogP contribution in [0.3, 0.4) is 0 Å². The van der Waals surface area contributed by atoms with E-state index in [1.165, 1.54) is 6.33 Å². The lowest BCUT2D eigenvalue weighted by molar-refractivity contribution is 0.171. The van der Waals surface area contributed by atoms with Crippen LogP contribution in [0.1, 0.15) is 31.1 Å². The van der Waals surface area contributed by atoms with Crippen molar-refractivity contribution in [3.05, 3.63) is 48.0 Å². The lowest BCUT2D eigenvalue weighted by atomic mass is 9.95. The number of H-pyrrole nitrogens is 1. The second-order valence-corrected chi connectivity index (χ2v) is 8.11. The Balaban J connectivity index is 1.52. The highest BCUT2D eigenvalue weighted by Crippen LogP contribution is 2.37. The normalized spacial score (nSPS) is 13.8. The van der Waals surface area contributed by atoms with Gasteiger partial charge in [-0.1, -0.05) is 19.9 Å². The maximum Gasteiger partial charge on any atom is 0.171 e. The van der Waals surface area contributed by atoms with Crippen LogP contribution in [0.15, 0.2) is 36.8 Å². The van der Waals surface area contributed by atoms with Crippen LogP contribution in [0.25, 0.3) is 22.3 Å². The van der Waals surface area contributed by atoms with E-state index in [1.54, 1.807) is 11.7 Å². The minimum Gasteiger partial charge on any atom is -0.486 e.